The maximum Gasteiger partial charge on any atom is 0.0814 e. The Labute approximate surface area is 99.9 Å². The molecule has 3 nitrogen and oxygen atoms in total. The van der Waals surface area contributed by atoms with Crippen LogP contribution >= 0.6 is 0 Å². The first kappa shape index (κ1) is 13.9. The molecule has 16 heavy (non-hydrogen) atoms. The normalized spacial score (nSPS) is 26.6. The summed E-state index contributed by atoms with van der Waals surface area (Å²) in [5.41, 5.74) is -0.0579. The third-order valence-electron chi connectivity index (χ3n) is 2.65. The van der Waals surface area contributed by atoms with E-state index in [9.17, 15) is 0 Å². The summed E-state index contributed by atoms with van der Waals surface area (Å²) in [4.78, 5) is 0. The van der Waals surface area contributed by atoms with E-state index in [2.05, 4.69) is 39.9 Å². The Balaban J connectivity index is 2.15. The molecular formula is C13H27NO2. The minimum absolute atomic E-state index is 0.0579. The number of hydrogen-bond acceptors (Lipinski definition) is 3. The van der Waals surface area contributed by atoms with Crippen LogP contribution in [0, 0.1) is 0 Å². The summed E-state index contributed by atoms with van der Waals surface area (Å²) in [6.07, 6.45) is 2.94. The van der Waals surface area contributed by atoms with E-state index in [4.69, 9.17) is 9.47 Å². The molecule has 0 amide bonds. The van der Waals surface area contributed by atoms with Gasteiger partial charge in [-0.05, 0) is 33.6 Å². The first-order valence-corrected chi connectivity index (χ1v) is 6.39. The van der Waals surface area contributed by atoms with E-state index < -0.39 is 0 Å². The van der Waals surface area contributed by atoms with Crippen LogP contribution in [0.2, 0.25) is 0 Å². The van der Waals surface area contributed by atoms with Crippen molar-refractivity contribution in [3.05, 3.63) is 0 Å². The molecule has 1 aliphatic heterocycles. The van der Waals surface area contributed by atoms with Gasteiger partial charge in [0.05, 0.1) is 24.4 Å². The van der Waals surface area contributed by atoms with Crippen molar-refractivity contribution in [3.63, 3.8) is 0 Å². The van der Waals surface area contributed by atoms with Crippen molar-refractivity contribution in [2.75, 3.05) is 13.2 Å². The fourth-order valence-corrected chi connectivity index (χ4v) is 1.76. The summed E-state index contributed by atoms with van der Waals surface area (Å²) < 4.78 is 11.7. The molecule has 0 bridgehead atoms. The Hall–Kier alpha value is -0.120. The van der Waals surface area contributed by atoms with Crippen molar-refractivity contribution < 1.29 is 9.47 Å². The average Bonchev–Trinajstić information content (AvgIpc) is 2.58. The topological polar surface area (TPSA) is 30.5 Å². The molecule has 3 heteroatoms. The lowest BCUT2D eigenvalue weighted by molar-refractivity contribution is -0.0689. The van der Waals surface area contributed by atoms with Gasteiger partial charge in [-0.15, -0.1) is 0 Å². The Morgan fingerprint density at radius 2 is 1.88 bits per heavy atom. The number of hydrogen-bond donors (Lipinski definition) is 1. The van der Waals surface area contributed by atoms with Gasteiger partial charge in [-0.25, -0.2) is 0 Å². The zero-order chi connectivity index (χ0) is 12.2. The predicted molar refractivity (Wildman–Crippen MR) is 66.7 cm³/mol. The van der Waals surface area contributed by atoms with Crippen molar-refractivity contribution >= 4 is 0 Å². The molecule has 2 atom stereocenters. The molecule has 0 radical (unpaired) electrons. The molecule has 1 saturated heterocycles. The molecule has 96 valence electrons. The molecule has 0 saturated carbocycles. The van der Waals surface area contributed by atoms with Crippen LogP contribution in [0.15, 0.2) is 0 Å². The quantitative estimate of drug-likeness (QED) is 0.785. The minimum atomic E-state index is -0.0579. The molecular weight excluding hydrogens is 202 g/mol. The minimum Gasteiger partial charge on any atom is -0.373 e. The number of ether oxygens (including phenoxy) is 2. The monoisotopic (exact) mass is 229 g/mol. The molecule has 0 aliphatic carbocycles. The van der Waals surface area contributed by atoms with Crippen molar-refractivity contribution in [2.45, 2.75) is 71.3 Å². The summed E-state index contributed by atoms with van der Waals surface area (Å²) >= 11 is 0. The zero-order valence-electron chi connectivity index (χ0n) is 11.4. The summed E-state index contributed by atoms with van der Waals surface area (Å²) in [5.74, 6) is 0. The van der Waals surface area contributed by atoms with Gasteiger partial charge in [0, 0.05) is 12.6 Å². The smallest absolute Gasteiger partial charge is 0.0814 e. The number of rotatable bonds is 5. The molecule has 1 N–H and O–H groups in total. The number of nitrogens with one attached hydrogen (secondary N) is 1. The van der Waals surface area contributed by atoms with Crippen molar-refractivity contribution in [1.29, 1.82) is 0 Å². The molecule has 2 unspecified atom stereocenters. The molecule has 0 aromatic carbocycles. The lowest BCUT2D eigenvalue weighted by atomic mass is 10.1. The molecule has 1 rings (SSSR count). The third-order valence-corrected chi connectivity index (χ3v) is 2.65. The third kappa shape index (κ3) is 5.83. The lowest BCUT2D eigenvalue weighted by Crippen LogP contribution is -2.33. The molecule has 0 aromatic rings. The van der Waals surface area contributed by atoms with Crippen LogP contribution in [0.3, 0.4) is 0 Å². The Kier molecular flexibility index (Phi) is 5.22. The van der Waals surface area contributed by atoms with Gasteiger partial charge in [0.2, 0.25) is 0 Å². The lowest BCUT2D eigenvalue weighted by Gasteiger charge is -2.22. The highest BCUT2D eigenvalue weighted by atomic mass is 16.6. The van der Waals surface area contributed by atoms with Crippen LogP contribution in [0.25, 0.3) is 0 Å². The standard InChI is InChI=1S/C13H27NO2/c1-10(2)14-8-11-6-7-12(16-11)9-15-13(3,4)5/h10-12,14H,6-9H2,1-5H3. The highest BCUT2D eigenvalue weighted by Gasteiger charge is 2.26. The summed E-state index contributed by atoms with van der Waals surface area (Å²) in [7, 11) is 0. The van der Waals surface area contributed by atoms with Gasteiger partial charge in [-0.3, -0.25) is 0 Å². The van der Waals surface area contributed by atoms with E-state index in [1.54, 1.807) is 0 Å². The van der Waals surface area contributed by atoms with Crippen LogP contribution in [0.5, 0.6) is 0 Å². The van der Waals surface area contributed by atoms with Crippen molar-refractivity contribution in [1.82, 2.24) is 5.32 Å². The maximum atomic E-state index is 5.92. The molecule has 1 heterocycles. The highest BCUT2D eigenvalue weighted by molar-refractivity contribution is 4.76. The summed E-state index contributed by atoms with van der Waals surface area (Å²) in [6, 6.07) is 0.536. The van der Waals surface area contributed by atoms with Gasteiger partial charge in [0.25, 0.3) is 0 Å². The fraction of sp³-hybridized carbons (Fsp3) is 1.00. The van der Waals surface area contributed by atoms with Crippen LogP contribution < -0.4 is 5.32 Å². The second-order valence-corrected chi connectivity index (χ2v) is 5.94. The second kappa shape index (κ2) is 5.99. The maximum absolute atomic E-state index is 5.92. The van der Waals surface area contributed by atoms with Gasteiger partial charge in [0.1, 0.15) is 0 Å². The molecule has 1 aliphatic rings. The van der Waals surface area contributed by atoms with Crippen LogP contribution in [-0.2, 0) is 9.47 Å². The Morgan fingerprint density at radius 3 is 2.44 bits per heavy atom. The van der Waals surface area contributed by atoms with E-state index in [1.165, 1.54) is 0 Å². The average molecular weight is 229 g/mol. The van der Waals surface area contributed by atoms with E-state index in [0.717, 1.165) is 26.0 Å². The first-order chi connectivity index (χ1) is 7.37. The molecule has 1 fully saturated rings. The molecule has 0 aromatic heterocycles. The molecule has 0 spiro atoms. The van der Waals surface area contributed by atoms with E-state index in [0.29, 0.717) is 12.1 Å². The summed E-state index contributed by atoms with van der Waals surface area (Å²) in [5, 5.41) is 3.41. The summed E-state index contributed by atoms with van der Waals surface area (Å²) in [6.45, 7) is 12.3. The van der Waals surface area contributed by atoms with Gasteiger partial charge < -0.3 is 14.8 Å². The van der Waals surface area contributed by atoms with Crippen molar-refractivity contribution in [2.24, 2.45) is 0 Å². The van der Waals surface area contributed by atoms with Crippen LogP contribution in [0.4, 0.5) is 0 Å². The fourth-order valence-electron chi connectivity index (χ4n) is 1.76. The van der Waals surface area contributed by atoms with Gasteiger partial charge >= 0.3 is 0 Å². The van der Waals surface area contributed by atoms with E-state index in [1.807, 2.05) is 0 Å². The zero-order valence-corrected chi connectivity index (χ0v) is 11.4. The largest absolute Gasteiger partial charge is 0.373 e. The SMILES string of the molecule is CC(C)NCC1CCC(COC(C)(C)C)O1. The first-order valence-electron chi connectivity index (χ1n) is 6.39. The highest BCUT2D eigenvalue weighted by Crippen LogP contribution is 2.21. The van der Waals surface area contributed by atoms with Gasteiger partial charge in [-0.2, -0.15) is 0 Å². The van der Waals surface area contributed by atoms with E-state index >= 15 is 0 Å². The van der Waals surface area contributed by atoms with Crippen LogP contribution in [-0.4, -0.2) is 37.0 Å². The Bertz CT molecular complexity index is 199. The van der Waals surface area contributed by atoms with Crippen LogP contribution in [0.1, 0.15) is 47.5 Å². The Morgan fingerprint density at radius 1 is 1.25 bits per heavy atom. The second-order valence-electron chi connectivity index (χ2n) is 5.94. The van der Waals surface area contributed by atoms with Gasteiger partial charge in [0.15, 0.2) is 0 Å². The van der Waals surface area contributed by atoms with Crippen molar-refractivity contribution in [3.8, 4) is 0 Å². The predicted octanol–water partition coefficient (Wildman–Crippen LogP) is 2.35. The van der Waals surface area contributed by atoms with E-state index in [-0.39, 0.29) is 11.7 Å². The van der Waals surface area contributed by atoms with Gasteiger partial charge in [-0.1, -0.05) is 13.8 Å².